The summed E-state index contributed by atoms with van der Waals surface area (Å²) in [6.45, 7) is 0.445. The van der Waals surface area contributed by atoms with Crippen LogP contribution in [0.5, 0.6) is 5.75 Å². The number of methoxy groups -OCH3 is 1. The monoisotopic (exact) mass is 355 g/mol. The van der Waals surface area contributed by atoms with E-state index in [1.165, 1.54) is 16.7 Å². The van der Waals surface area contributed by atoms with Crippen LogP contribution >= 0.6 is 0 Å². The largest absolute Gasteiger partial charge is 0.497 e. The van der Waals surface area contributed by atoms with Gasteiger partial charge in [-0.2, -0.15) is 0 Å². The van der Waals surface area contributed by atoms with Crippen LogP contribution in [0.3, 0.4) is 0 Å². The first-order valence-electron chi connectivity index (χ1n) is 8.34. The molecule has 1 amide bonds. The molecule has 136 valence electrons. The number of hydrogen-bond acceptors (Lipinski definition) is 3. The number of rotatable bonds is 5. The number of carbonyl (C=O) groups excluding carboxylic acids is 1. The quantitative estimate of drug-likeness (QED) is 0.760. The van der Waals surface area contributed by atoms with Crippen molar-refractivity contribution in [1.29, 1.82) is 0 Å². The summed E-state index contributed by atoms with van der Waals surface area (Å²) >= 11 is 0. The van der Waals surface area contributed by atoms with Gasteiger partial charge in [-0.15, -0.1) is 0 Å². The Kier molecular flexibility index (Phi) is 5.23. The second-order valence-corrected chi connectivity index (χ2v) is 6.38. The lowest BCUT2D eigenvalue weighted by Gasteiger charge is -2.25. The molecule has 1 N–H and O–H groups in total. The third kappa shape index (κ3) is 3.86. The van der Waals surface area contributed by atoms with Gasteiger partial charge in [0.1, 0.15) is 11.6 Å². The van der Waals surface area contributed by atoms with E-state index < -0.39 is 0 Å². The number of halogens is 1. The second-order valence-electron chi connectivity index (χ2n) is 6.38. The van der Waals surface area contributed by atoms with Crippen LogP contribution in [0.1, 0.15) is 11.6 Å². The zero-order valence-electron chi connectivity index (χ0n) is 15.1. The Hall–Kier alpha value is -2.86. The van der Waals surface area contributed by atoms with E-state index in [0.29, 0.717) is 11.9 Å². The van der Waals surface area contributed by atoms with Crippen molar-refractivity contribution in [2.45, 2.75) is 6.04 Å². The van der Waals surface area contributed by atoms with E-state index in [1.807, 2.05) is 43.3 Å². The Labute approximate surface area is 152 Å². The molecule has 6 heteroatoms. The zero-order chi connectivity index (χ0) is 18.7. The Morgan fingerprint density at radius 1 is 1.15 bits per heavy atom. The molecule has 1 unspecified atom stereocenters. The van der Waals surface area contributed by atoms with Gasteiger partial charge in [0.15, 0.2) is 0 Å². The molecule has 2 aromatic carbocycles. The van der Waals surface area contributed by atoms with Crippen LogP contribution < -0.4 is 10.1 Å². The predicted octanol–water partition coefficient (Wildman–Crippen LogP) is 3.65. The van der Waals surface area contributed by atoms with Crippen LogP contribution in [-0.4, -0.2) is 43.2 Å². The molecule has 3 aromatic rings. The number of fused-ring (bicyclic) bond motifs is 1. The average molecular weight is 355 g/mol. The number of hydrogen-bond donors (Lipinski definition) is 1. The molecule has 0 aliphatic carbocycles. The maximum absolute atomic E-state index is 13.3. The summed E-state index contributed by atoms with van der Waals surface area (Å²) in [6.07, 6.45) is 3.33. The van der Waals surface area contributed by atoms with Crippen LogP contribution in [0.15, 0.2) is 54.9 Å². The van der Waals surface area contributed by atoms with Gasteiger partial charge in [0.25, 0.3) is 0 Å². The van der Waals surface area contributed by atoms with E-state index >= 15 is 0 Å². The first-order valence-corrected chi connectivity index (χ1v) is 8.34. The number of ether oxygens (including phenoxy) is 1. The highest BCUT2D eigenvalue weighted by Crippen LogP contribution is 2.21. The van der Waals surface area contributed by atoms with Gasteiger partial charge in [-0.25, -0.2) is 9.18 Å². The van der Waals surface area contributed by atoms with E-state index in [9.17, 15) is 9.18 Å². The lowest BCUT2D eigenvalue weighted by Crippen LogP contribution is -2.36. The lowest BCUT2D eigenvalue weighted by atomic mass is 10.1. The van der Waals surface area contributed by atoms with Crippen LogP contribution in [0.25, 0.3) is 10.8 Å². The van der Waals surface area contributed by atoms with Crippen molar-refractivity contribution in [3.05, 3.63) is 66.2 Å². The zero-order valence-corrected chi connectivity index (χ0v) is 15.1. The van der Waals surface area contributed by atoms with Gasteiger partial charge in [-0.1, -0.05) is 12.1 Å². The number of amides is 1. The maximum Gasteiger partial charge on any atom is 0.325 e. The molecule has 0 aliphatic rings. The van der Waals surface area contributed by atoms with E-state index in [-0.39, 0.29) is 17.9 Å². The molecule has 3 rings (SSSR count). The topological polar surface area (TPSA) is 46.5 Å². The number of nitrogens with one attached hydrogen (secondary N) is 1. The summed E-state index contributed by atoms with van der Waals surface area (Å²) in [5.74, 6) is 0.476. The summed E-state index contributed by atoms with van der Waals surface area (Å²) in [4.78, 5) is 14.5. The summed E-state index contributed by atoms with van der Waals surface area (Å²) < 4.78 is 19.9. The number of nitrogens with zero attached hydrogens (tertiary/aromatic N) is 2. The third-order valence-corrected chi connectivity index (χ3v) is 4.41. The van der Waals surface area contributed by atoms with E-state index in [2.05, 4.69) is 5.32 Å². The summed E-state index contributed by atoms with van der Waals surface area (Å²) in [7, 11) is 5.56. The molecule has 0 spiro atoms. The second kappa shape index (κ2) is 7.58. The SMILES string of the molecule is COc1ccc(C(CNC(=O)n2cc3ccc(F)cc3c2)N(C)C)cc1. The Morgan fingerprint density at radius 2 is 1.85 bits per heavy atom. The molecule has 5 nitrogen and oxygen atoms in total. The molecule has 0 aliphatic heterocycles. The van der Waals surface area contributed by atoms with Crippen molar-refractivity contribution < 1.29 is 13.9 Å². The van der Waals surface area contributed by atoms with Crippen LogP contribution in [0, 0.1) is 5.82 Å². The summed E-state index contributed by atoms with van der Waals surface area (Å²) in [5, 5.41) is 4.45. The normalized spacial score (nSPS) is 12.3. The van der Waals surface area contributed by atoms with Gasteiger partial charge >= 0.3 is 6.03 Å². The molecule has 0 radical (unpaired) electrons. The minimum absolute atomic E-state index is 0.0206. The van der Waals surface area contributed by atoms with Gasteiger partial charge in [0.2, 0.25) is 0 Å². The predicted molar refractivity (Wildman–Crippen MR) is 100 cm³/mol. The smallest absolute Gasteiger partial charge is 0.325 e. The minimum Gasteiger partial charge on any atom is -0.497 e. The van der Waals surface area contributed by atoms with E-state index in [1.54, 1.807) is 25.6 Å². The van der Waals surface area contributed by atoms with Crippen LogP contribution in [0.2, 0.25) is 0 Å². The first-order chi connectivity index (χ1) is 12.5. The van der Waals surface area contributed by atoms with Crippen LogP contribution in [-0.2, 0) is 0 Å². The molecule has 0 saturated carbocycles. The minimum atomic E-state index is -0.317. The van der Waals surface area contributed by atoms with Gasteiger partial charge in [-0.05, 0) is 50.0 Å². The van der Waals surface area contributed by atoms with Gasteiger partial charge in [-0.3, -0.25) is 4.57 Å². The van der Waals surface area contributed by atoms with Crippen LogP contribution in [0.4, 0.5) is 9.18 Å². The molecule has 1 heterocycles. The lowest BCUT2D eigenvalue weighted by molar-refractivity contribution is 0.234. The molecule has 1 atom stereocenters. The van der Waals surface area contributed by atoms with Crippen molar-refractivity contribution in [3.8, 4) is 5.75 Å². The molecule has 26 heavy (non-hydrogen) atoms. The van der Waals surface area contributed by atoms with Crippen molar-refractivity contribution in [1.82, 2.24) is 14.8 Å². The van der Waals surface area contributed by atoms with E-state index in [4.69, 9.17) is 4.74 Å². The molecule has 1 aromatic heterocycles. The first kappa shape index (κ1) is 17.9. The Morgan fingerprint density at radius 3 is 2.50 bits per heavy atom. The highest BCUT2D eigenvalue weighted by molar-refractivity contribution is 5.88. The standard InChI is InChI=1S/C20H22FN3O2/c1-23(2)19(14-5-8-18(26-3)9-6-14)11-22-20(25)24-12-15-4-7-17(21)10-16(15)13-24/h4-10,12-13,19H,11H2,1-3H3,(H,22,25). The molecule has 0 bridgehead atoms. The van der Waals surface area contributed by atoms with Gasteiger partial charge in [0.05, 0.1) is 13.2 Å². The van der Waals surface area contributed by atoms with E-state index in [0.717, 1.165) is 16.7 Å². The molecule has 0 saturated heterocycles. The molecular formula is C20H22FN3O2. The number of aromatic nitrogens is 1. The number of likely N-dealkylation sites (N-methyl/N-ethyl adjacent to an activating group) is 1. The Balaban J connectivity index is 1.72. The van der Waals surface area contributed by atoms with Crippen molar-refractivity contribution >= 4 is 16.8 Å². The fraction of sp³-hybridized carbons (Fsp3) is 0.250. The highest BCUT2D eigenvalue weighted by Gasteiger charge is 2.16. The highest BCUT2D eigenvalue weighted by atomic mass is 19.1. The fourth-order valence-electron chi connectivity index (χ4n) is 2.93. The Bertz CT molecular complexity index is 903. The van der Waals surface area contributed by atoms with Crippen molar-refractivity contribution in [2.24, 2.45) is 0 Å². The fourth-order valence-corrected chi connectivity index (χ4v) is 2.93. The van der Waals surface area contributed by atoms with Crippen molar-refractivity contribution in [2.75, 3.05) is 27.7 Å². The van der Waals surface area contributed by atoms with Gasteiger partial charge in [0, 0.05) is 29.7 Å². The number of benzene rings is 2. The van der Waals surface area contributed by atoms with Gasteiger partial charge < -0.3 is 15.0 Å². The average Bonchev–Trinajstić information content (AvgIpc) is 3.05. The molecular weight excluding hydrogens is 333 g/mol. The third-order valence-electron chi connectivity index (χ3n) is 4.41. The summed E-state index contributed by atoms with van der Waals surface area (Å²) in [5.41, 5.74) is 1.08. The molecule has 0 fully saturated rings. The maximum atomic E-state index is 13.3. The summed E-state index contributed by atoms with van der Waals surface area (Å²) in [6, 6.07) is 12.0. The van der Waals surface area contributed by atoms with Crippen molar-refractivity contribution in [3.63, 3.8) is 0 Å². The number of carbonyl (C=O) groups is 1.